The number of nitrogens with zero attached hydrogens (tertiary/aromatic N) is 1. The Morgan fingerprint density at radius 3 is 3.12 bits per heavy atom. The lowest BCUT2D eigenvalue weighted by Gasteiger charge is -2.12. The quantitative estimate of drug-likeness (QED) is 0.681. The summed E-state index contributed by atoms with van der Waals surface area (Å²) in [5.74, 6) is 0.883. The van der Waals surface area contributed by atoms with Gasteiger partial charge in [0.2, 0.25) is 0 Å². The molecule has 1 aliphatic heterocycles. The molecule has 3 nitrogen and oxygen atoms in total. The zero-order chi connectivity index (χ0) is 11.1. The van der Waals surface area contributed by atoms with Gasteiger partial charge >= 0.3 is 0 Å². The normalized spacial score (nSPS) is 13.6. The number of aromatic nitrogens is 1. The van der Waals surface area contributed by atoms with Gasteiger partial charge in [-0.2, -0.15) is 0 Å². The van der Waals surface area contributed by atoms with Crippen molar-refractivity contribution in [3.8, 4) is 5.75 Å². The van der Waals surface area contributed by atoms with E-state index in [4.69, 9.17) is 4.74 Å². The Morgan fingerprint density at radius 2 is 2.31 bits per heavy atom. The lowest BCUT2D eigenvalue weighted by molar-refractivity contribution is 0.112. The highest BCUT2D eigenvalue weighted by molar-refractivity contribution is 5.99. The molecule has 0 bridgehead atoms. The van der Waals surface area contributed by atoms with Crippen molar-refractivity contribution in [1.82, 2.24) is 4.57 Å². The van der Waals surface area contributed by atoms with Crippen LogP contribution in [0.15, 0.2) is 24.4 Å². The molecule has 2 aromatic rings. The van der Waals surface area contributed by atoms with Crippen molar-refractivity contribution >= 4 is 23.3 Å². The summed E-state index contributed by atoms with van der Waals surface area (Å²) in [6.07, 6.45) is 6.73. The Morgan fingerprint density at radius 1 is 1.44 bits per heavy atom. The number of ether oxygens (including phenoxy) is 1. The minimum absolute atomic E-state index is 0.615. The van der Waals surface area contributed by atoms with Crippen molar-refractivity contribution in [3.63, 3.8) is 0 Å². The van der Waals surface area contributed by atoms with Gasteiger partial charge in [0.15, 0.2) is 6.29 Å². The molecule has 0 radical (unpaired) electrons. The molecule has 0 fully saturated rings. The molecule has 2 heterocycles. The van der Waals surface area contributed by atoms with Gasteiger partial charge in [-0.05, 0) is 12.1 Å². The molecule has 0 unspecified atom stereocenters. The Balaban J connectivity index is 2.38. The van der Waals surface area contributed by atoms with Crippen LogP contribution >= 0.6 is 0 Å². The smallest absolute Gasteiger partial charge is 0.152 e. The van der Waals surface area contributed by atoms with Crippen molar-refractivity contribution in [2.24, 2.45) is 7.05 Å². The van der Waals surface area contributed by atoms with Crippen molar-refractivity contribution in [1.29, 1.82) is 0 Å². The number of carbonyl (C=O) groups excluding carboxylic acids is 1. The third-order valence-corrected chi connectivity index (χ3v) is 2.91. The van der Waals surface area contributed by atoms with Gasteiger partial charge in [-0.25, -0.2) is 0 Å². The van der Waals surface area contributed by atoms with Gasteiger partial charge in [-0.1, -0.05) is 6.08 Å². The predicted octanol–water partition coefficient (Wildman–Crippen LogP) is 2.40. The summed E-state index contributed by atoms with van der Waals surface area (Å²) in [7, 11) is 1.93. The minimum Gasteiger partial charge on any atom is -0.489 e. The fourth-order valence-corrected chi connectivity index (χ4v) is 2.12. The maximum Gasteiger partial charge on any atom is 0.152 e. The first-order valence-electron chi connectivity index (χ1n) is 5.17. The van der Waals surface area contributed by atoms with E-state index in [-0.39, 0.29) is 0 Å². The van der Waals surface area contributed by atoms with E-state index in [0.29, 0.717) is 6.61 Å². The van der Waals surface area contributed by atoms with Crippen LogP contribution in [0.4, 0.5) is 0 Å². The highest BCUT2D eigenvalue weighted by atomic mass is 16.5. The molecular weight excluding hydrogens is 202 g/mol. The van der Waals surface area contributed by atoms with Crippen molar-refractivity contribution in [2.75, 3.05) is 6.61 Å². The molecule has 3 heteroatoms. The van der Waals surface area contributed by atoms with Gasteiger partial charge in [0, 0.05) is 35.8 Å². The SMILES string of the molecule is Cn1cc(C=O)c2cc3c(cc21)OCC=C3. The molecule has 3 rings (SSSR count). The fraction of sp³-hybridized carbons (Fsp3) is 0.154. The third kappa shape index (κ3) is 1.18. The molecular formula is C13H11NO2. The molecule has 0 atom stereocenters. The van der Waals surface area contributed by atoms with Crippen molar-refractivity contribution in [2.45, 2.75) is 0 Å². The van der Waals surface area contributed by atoms with Crippen LogP contribution < -0.4 is 4.74 Å². The molecule has 0 amide bonds. The first-order chi connectivity index (χ1) is 7.79. The first-order valence-corrected chi connectivity index (χ1v) is 5.17. The van der Waals surface area contributed by atoms with Crippen molar-refractivity contribution in [3.05, 3.63) is 35.5 Å². The Kier molecular flexibility index (Phi) is 1.86. The third-order valence-electron chi connectivity index (χ3n) is 2.91. The highest BCUT2D eigenvalue weighted by Gasteiger charge is 2.12. The zero-order valence-electron chi connectivity index (χ0n) is 8.93. The number of hydrogen-bond donors (Lipinski definition) is 0. The van der Waals surface area contributed by atoms with E-state index in [9.17, 15) is 4.79 Å². The number of carbonyl (C=O) groups is 1. The van der Waals surface area contributed by atoms with E-state index in [2.05, 4.69) is 0 Å². The fourth-order valence-electron chi connectivity index (χ4n) is 2.12. The van der Waals surface area contributed by atoms with Crippen LogP contribution in [0, 0.1) is 0 Å². The van der Waals surface area contributed by atoms with Crippen LogP contribution in [-0.4, -0.2) is 17.5 Å². The molecule has 1 aromatic heterocycles. The molecule has 80 valence electrons. The van der Waals surface area contributed by atoms with Gasteiger partial charge in [0.25, 0.3) is 0 Å². The minimum atomic E-state index is 0.615. The molecule has 16 heavy (non-hydrogen) atoms. The predicted molar refractivity (Wildman–Crippen MR) is 62.8 cm³/mol. The zero-order valence-corrected chi connectivity index (χ0v) is 8.93. The lowest BCUT2D eigenvalue weighted by Crippen LogP contribution is -2.00. The summed E-state index contributed by atoms with van der Waals surface area (Å²) in [5.41, 5.74) is 2.78. The maximum absolute atomic E-state index is 10.9. The summed E-state index contributed by atoms with van der Waals surface area (Å²) < 4.78 is 7.49. The van der Waals surface area contributed by atoms with E-state index >= 15 is 0 Å². The number of aldehydes is 1. The van der Waals surface area contributed by atoms with Crippen LogP contribution in [0.1, 0.15) is 15.9 Å². The molecule has 0 saturated carbocycles. The number of benzene rings is 1. The Bertz CT molecular complexity index is 608. The standard InChI is InChI=1S/C13H11NO2/c1-14-7-10(8-15)11-5-9-3-2-4-16-13(9)6-12(11)14/h2-3,5-8H,4H2,1H3. The number of aryl methyl sites for hydroxylation is 1. The summed E-state index contributed by atoms with van der Waals surface area (Å²) in [4.78, 5) is 10.9. The molecule has 1 aliphatic rings. The monoisotopic (exact) mass is 213 g/mol. The van der Waals surface area contributed by atoms with E-state index in [1.165, 1.54) is 0 Å². The summed E-state index contributed by atoms with van der Waals surface area (Å²) >= 11 is 0. The second-order valence-corrected chi connectivity index (χ2v) is 3.93. The molecule has 0 saturated heterocycles. The van der Waals surface area contributed by atoms with E-state index in [1.807, 2.05) is 42.1 Å². The molecule has 1 aromatic carbocycles. The second kappa shape index (κ2) is 3.23. The molecule has 0 N–H and O–H groups in total. The average Bonchev–Trinajstić information content (AvgIpc) is 2.63. The summed E-state index contributed by atoms with van der Waals surface area (Å²) in [6, 6.07) is 3.99. The van der Waals surface area contributed by atoms with Gasteiger partial charge in [-0.15, -0.1) is 0 Å². The van der Waals surface area contributed by atoms with Crippen LogP contribution in [0.5, 0.6) is 5.75 Å². The van der Waals surface area contributed by atoms with Crippen LogP contribution in [0.3, 0.4) is 0 Å². The van der Waals surface area contributed by atoms with E-state index in [0.717, 1.165) is 34.1 Å². The van der Waals surface area contributed by atoms with Crippen LogP contribution in [-0.2, 0) is 7.05 Å². The van der Waals surface area contributed by atoms with Crippen LogP contribution in [0.2, 0.25) is 0 Å². The highest BCUT2D eigenvalue weighted by Crippen LogP contribution is 2.31. The molecule has 0 spiro atoms. The van der Waals surface area contributed by atoms with E-state index < -0.39 is 0 Å². The van der Waals surface area contributed by atoms with Crippen LogP contribution in [0.25, 0.3) is 17.0 Å². The lowest BCUT2D eigenvalue weighted by atomic mass is 10.1. The number of rotatable bonds is 1. The topological polar surface area (TPSA) is 31.2 Å². The first kappa shape index (κ1) is 9.21. The van der Waals surface area contributed by atoms with E-state index in [1.54, 1.807) is 0 Å². The maximum atomic E-state index is 10.9. The molecule has 0 aliphatic carbocycles. The average molecular weight is 213 g/mol. The van der Waals surface area contributed by atoms with Gasteiger partial charge < -0.3 is 9.30 Å². The Hall–Kier alpha value is -2.03. The van der Waals surface area contributed by atoms with Gasteiger partial charge in [-0.3, -0.25) is 4.79 Å². The Labute approximate surface area is 92.9 Å². The largest absolute Gasteiger partial charge is 0.489 e. The number of hydrogen-bond acceptors (Lipinski definition) is 2. The van der Waals surface area contributed by atoms with Gasteiger partial charge in [0.05, 0.1) is 5.52 Å². The number of fused-ring (bicyclic) bond motifs is 2. The summed E-state index contributed by atoms with van der Waals surface area (Å²) in [5, 5.41) is 0.978. The second-order valence-electron chi connectivity index (χ2n) is 3.93. The summed E-state index contributed by atoms with van der Waals surface area (Å²) in [6.45, 7) is 0.615. The van der Waals surface area contributed by atoms with Gasteiger partial charge in [0.1, 0.15) is 12.4 Å². The van der Waals surface area contributed by atoms with Crippen molar-refractivity contribution < 1.29 is 9.53 Å².